The fraction of sp³-hybridized carbons (Fsp3) is 0.619. The molecule has 1 aromatic carbocycles. The predicted octanol–water partition coefficient (Wildman–Crippen LogP) is 1.78. The normalized spacial score (nSPS) is 19.2. The third-order valence-electron chi connectivity index (χ3n) is 5.33. The number of amides is 1. The summed E-state index contributed by atoms with van der Waals surface area (Å²) in [5, 5.41) is 3.36. The first kappa shape index (κ1) is 19.7. The summed E-state index contributed by atoms with van der Waals surface area (Å²) in [4.78, 5) is 23.8. The number of piperazine rings is 1. The Kier molecular flexibility index (Phi) is 7.51. The van der Waals surface area contributed by atoms with Gasteiger partial charge in [-0.1, -0.05) is 30.3 Å². The van der Waals surface area contributed by atoms with Gasteiger partial charge in [-0.15, -0.1) is 0 Å². The van der Waals surface area contributed by atoms with Crippen molar-refractivity contribution >= 4 is 11.9 Å². The lowest BCUT2D eigenvalue weighted by Crippen LogP contribution is -2.52. The number of rotatable bonds is 5. The summed E-state index contributed by atoms with van der Waals surface area (Å²) in [5.74, 6) is 1.04. The Bertz CT molecular complexity index is 604. The van der Waals surface area contributed by atoms with Crippen LogP contribution in [0.1, 0.15) is 31.7 Å². The van der Waals surface area contributed by atoms with E-state index in [0.717, 1.165) is 71.2 Å². The SMILES string of the molecule is CCNC(=NCC(=O)N1CCCCC1)N1CCN(Cc2ccccc2)CC1. The number of nitrogens with one attached hydrogen (secondary N) is 1. The fourth-order valence-electron chi connectivity index (χ4n) is 3.77. The van der Waals surface area contributed by atoms with Gasteiger partial charge in [0.15, 0.2) is 5.96 Å². The monoisotopic (exact) mass is 371 g/mol. The fourth-order valence-corrected chi connectivity index (χ4v) is 3.77. The number of likely N-dealkylation sites (tertiary alicyclic amines) is 1. The molecule has 0 aromatic heterocycles. The van der Waals surface area contributed by atoms with Gasteiger partial charge in [0.2, 0.25) is 5.91 Å². The highest BCUT2D eigenvalue weighted by molar-refractivity contribution is 5.85. The summed E-state index contributed by atoms with van der Waals surface area (Å²) in [5.41, 5.74) is 1.36. The van der Waals surface area contributed by atoms with Crippen molar-refractivity contribution in [2.45, 2.75) is 32.7 Å². The number of aliphatic imine (C=N–C) groups is 1. The van der Waals surface area contributed by atoms with Crippen LogP contribution < -0.4 is 5.32 Å². The van der Waals surface area contributed by atoms with E-state index in [-0.39, 0.29) is 12.5 Å². The van der Waals surface area contributed by atoms with E-state index < -0.39 is 0 Å². The molecule has 0 bridgehead atoms. The molecule has 0 unspecified atom stereocenters. The van der Waals surface area contributed by atoms with Gasteiger partial charge >= 0.3 is 0 Å². The van der Waals surface area contributed by atoms with Crippen LogP contribution in [0, 0.1) is 0 Å². The lowest BCUT2D eigenvalue weighted by Gasteiger charge is -2.36. The van der Waals surface area contributed by atoms with Crippen LogP contribution in [0.25, 0.3) is 0 Å². The van der Waals surface area contributed by atoms with Crippen molar-refractivity contribution in [3.8, 4) is 0 Å². The van der Waals surface area contributed by atoms with Gasteiger partial charge in [-0.25, -0.2) is 4.99 Å². The molecule has 0 saturated carbocycles. The number of carbonyl (C=O) groups excluding carboxylic acids is 1. The number of nitrogens with zero attached hydrogens (tertiary/aromatic N) is 4. The standard InChI is InChI=1S/C21H33N5O/c1-2-22-21(23-17-20(27)25-11-7-4-8-12-25)26-15-13-24(14-16-26)18-19-9-5-3-6-10-19/h3,5-6,9-10H,2,4,7-8,11-18H2,1H3,(H,22,23). The summed E-state index contributed by atoms with van der Waals surface area (Å²) in [7, 11) is 0. The molecule has 1 amide bonds. The Morgan fingerprint density at radius 2 is 1.67 bits per heavy atom. The maximum Gasteiger partial charge on any atom is 0.244 e. The van der Waals surface area contributed by atoms with Gasteiger partial charge in [-0.2, -0.15) is 0 Å². The molecule has 0 aliphatic carbocycles. The highest BCUT2D eigenvalue weighted by Gasteiger charge is 2.21. The summed E-state index contributed by atoms with van der Waals surface area (Å²) in [6.07, 6.45) is 3.49. The van der Waals surface area contributed by atoms with E-state index >= 15 is 0 Å². The van der Waals surface area contributed by atoms with E-state index in [2.05, 4.69) is 57.4 Å². The molecule has 2 aliphatic heterocycles. The molecule has 2 saturated heterocycles. The van der Waals surface area contributed by atoms with Crippen LogP contribution in [-0.2, 0) is 11.3 Å². The molecule has 0 radical (unpaired) electrons. The molecule has 27 heavy (non-hydrogen) atoms. The third kappa shape index (κ3) is 5.96. The quantitative estimate of drug-likeness (QED) is 0.633. The van der Waals surface area contributed by atoms with E-state index in [1.165, 1.54) is 12.0 Å². The number of piperidine rings is 1. The summed E-state index contributed by atoms with van der Waals surface area (Å²) < 4.78 is 0. The van der Waals surface area contributed by atoms with Crippen LogP contribution in [0.5, 0.6) is 0 Å². The zero-order valence-electron chi connectivity index (χ0n) is 16.6. The Morgan fingerprint density at radius 3 is 2.33 bits per heavy atom. The number of guanidine groups is 1. The minimum atomic E-state index is 0.160. The van der Waals surface area contributed by atoms with E-state index in [9.17, 15) is 4.79 Å². The molecule has 6 heteroatoms. The Labute approximate surface area is 163 Å². The van der Waals surface area contributed by atoms with Crippen molar-refractivity contribution in [2.75, 3.05) is 52.4 Å². The van der Waals surface area contributed by atoms with Crippen molar-refractivity contribution in [2.24, 2.45) is 4.99 Å². The average Bonchev–Trinajstić information content (AvgIpc) is 2.73. The maximum atomic E-state index is 12.4. The highest BCUT2D eigenvalue weighted by atomic mass is 16.2. The van der Waals surface area contributed by atoms with Crippen LogP contribution in [-0.4, -0.2) is 78.9 Å². The topological polar surface area (TPSA) is 51.2 Å². The third-order valence-corrected chi connectivity index (χ3v) is 5.33. The zero-order valence-corrected chi connectivity index (χ0v) is 16.6. The first-order valence-electron chi connectivity index (χ1n) is 10.3. The summed E-state index contributed by atoms with van der Waals surface area (Å²) >= 11 is 0. The zero-order chi connectivity index (χ0) is 18.9. The molecule has 0 spiro atoms. The minimum Gasteiger partial charge on any atom is -0.357 e. The first-order chi connectivity index (χ1) is 13.3. The molecule has 0 atom stereocenters. The van der Waals surface area contributed by atoms with Gasteiger partial charge in [0, 0.05) is 52.4 Å². The van der Waals surface area contributed by atoms with Crippen molar-refractivity contribution in [3.05, 3.63) is 35.9 Å². The van der Waals surface area contributed by atoms with Gasteiger partial charge in [-0.05, 0) is 31.7 Å². The van der Waals surface area contributed by atoms with E-state index in [1.807, 2.05) is 4.90 Å². The van der Waals surface area contributed by atoms with Gasteiger partial charge in [0.1, 0.15) is 6.54 Å². The number of hydrogen-bond acceptors (Lipinski definition) is 3. The van der Waals surface area contributed by atoms with Gasteiger partial charge in [-0.3, -0.25) is 9.69 Å². The molecule has 1 aromatic rings. The van der Waals surface area contributed by atoms with Gasteiger partial charge in [0.25, 0.3) is 0 Å². The summed E-state index contributed by atoms with van der Waals surface area (Å²) in [6.45, 7) is 9.84. The minimum absolute atomic E-state index is 0.160. The van der Waals surface area contributed by atoms with E-state index in [0.29, 0.717) is 0 Å². The first-order valence-corrected chi connectivity index (χ1v) is 10.3. The molecule has 2 fully saturated rings. The predicted molar refractivity (Wildman–Crippen MR) is 110 cm³/mol. The Hall–Kier alpha value is -2.08. The van der Waals surface area contributed by atoms with Crippen molar-refractivity contribution in [1.29, 1.82) is 0 Å². The largest absolute Gasteiger partial charge is 0.357 e. The maximum absolute atomic E-state index is 12.4. The Balaban J connectivity index is 1.50. The molecule has 2 heterocycles. The summed E-state index contributed by atoms with van der Waals surface area (Å²) in [6, 6.07) is 10.6. The molecule has 148 valence electrons. The van der Waals surface area contributed by atoms with Gasteiger partial charge < -0.3 is 15.1 Å². The van der Waals surface area contributed by atoms with Crippen LogP contribution in [0.4, 0.5) is 0 Å². The highest BCUT2D eigenvalue weighted by Crippen LogP contribution is 2.10. The lowest BCUT2D eigenvalue weighted by molar-refractivity contribution is -0.130. The lowest BCUT2D eigenvalue weighted by atomic mass is 10.1. The van der Waals surface area contributed by atoms with Crippen LogP contribution >= 0.6 is 0 Å². The molecular weight excluding hydrogens is 338 g/mol. The molecule has 2 aliphatic rings. The molecule has 1 N–H and O–H groups in total. The van der Waals surface area contributed by atoms with Crippen molar-refractivity contribution < 1.29 is 4.79 Å². The second-order valence-corrected chi connectivity index (χ2v) is 7.36. The Morgan fingerprint density at radius 1 is 0.963 bits per heavy atom. The molecular formula is C21H33N5O. The average molecular weight is 372 g/mol. The molecule has 6 nitrogen and oxygen atoms in total. The van der Waals surface area contributed by atoms with E-state index in [1.54, 1.807) is 0 Å². The smallest absolute Gasteiger partial charge is 0.244 e. The van der Waals surface area contributed by atoms with Crippen LogP contribution in [0.2, 0.25) is 0 Å². The second-order valence-electron chi connectivity index (χ2n) is 7.36. The number of hydrogen-bond donors (Lipinski definition) is 1. The van der Waals surface area contributed by atoms with E-state index in [4.69, 9.17) is 0 Å². The number of carbonyl (C=O) groups is 1. The van der Waals surface area contributed by atoms with Crippen molar-refractivity contribution in [3.63, 3.8) is 0 Å². The van der Waals surface area contributed by atoms with Crippen molar-refractivity contribution in [1.82, 2.24) is 20.0 Å². The van der Waals surface area contributed by atoms with Crippen LogP contribution in [0.15, 0.2) is 35.3 Å². The van der Waals surface area contributed by atoms with Gasteiger partial charge in [0.05, 0.1) is 0 Å². The second kappa shape index (κ2) is 10.3. The van der Waals surface area contributed by atoms with Crippen LogP contribution in [0.3, 0.4) is 0 Å². The molecule has 3 rings (SSSR count). The number of benzene rings is 1.